The molecule has 100 valence electrons. The fourth-order valence-corrected chi connectivity index (χ4v) is 2.52. The van der Waals surface area contributed by atoms with Crippen molar-refractivity contribution in [1.29, 1.82) is 0 Å². The molecule has 2 rings (SSSR count). The Labute approximate surface area is 128 Å². The number of amides is 3. The highest BCUT2D eigenvalue weighted by Gasteiger charge is 2.34. The van der Waals surface area contributed by atoms with Crippen LogP contribution in [-0.2, 0) is 9.59 Å². The number of nitrogens with zero attached hydrogens (tertiary/aromatic N) is 1. The zero-order valence-corrected chi connectivity index (χ0v) is 12.9. The van der Waals surface area contributed by atoms with Crippen LogP contribution < -0.4 is 5.32 Å². The second kappa shape index (κ2) is 5.46. The van der Waals surface area contributed by atoms with Crippen molar-refractivity contribution < 1.29 is 14.4 Å². The highest BCUT2D eigenvalue weighted by atomic mass is 127. The summed E-state index contributed by atoms with van der Waals surface area (Å²) < 4.78 is 0.720. The lowest BCUT2D eigenvalue weighted by molar-refractivity contribution is -0.138. The third-order valence-corrected chi connectivity index (χ3v) is 4.02. The number of carbonyl (C=O) groups is 3. The lowest BCUT2D eigenvalue weighted by Crippen LogP contribution is -2.58. The van der Waals surface area contributed by atoms with Crippen molar-refractivity contribution in [2.45, 2.75) is 13.0 Å². The maximum Gasteiger partial charge on any atom is 0.256 e. The van der Waals surface area contributed by atoms with Gasteiger partial charge in [0.15, 0.2) is 0 Å². The Hall–Kier alpha value is -1.15. The third kappa shape index (κ3) is 2.89. The zero-order valence-electron chi connectivity index (χ0n) is 9.94. The zero-order chi connectivity index (χ0) is 14.2. The van der Waals surface area contributed by atoms with E-state index in [1.165, 1.54) is 11.0 Å². The topological polar surface area (TPSA) is 66.5 Å². The smallest absolute Gasteiger partial charge is 0.256 e. The van der Waals surface area contributed by atoms with Gasteiger partial charge in [-0.2, -0.15) is 0 Å². The van der Waals surface area contributed by atoms with Crippen molar-refractivity contribution in [3.05, 3.63) is 32.4 Å². The van der Waals surface area contributed by atoms with E-state index >= 15 is 0 Å². The normalized spacial score (nSPS) is 19.3. The first-order valence-electron chi connectivity index (χ1n) is 5.50. The van der Waals surface area contributed by atoms with Crippen LogP contribution in [0.5, 0.6) is 0 Å². The summed E-state index contributed by atoms with van der Waals surface area (Å²) in [5.41, 5.74) is 0.391. The van der Waals surface area contributed by atoms with Crippen molar-refractivity contribution >= 4 is 51.9 Å². The molecule has 0 bridgehead atoms. The summed E-state index contributed by atoms with van der Waals surface area (Å²) in [5.74, 6) is -1.32. The van der Waals surface area contributed by atoms with Gasteiger partial charge >= 0.3 is 0 Å². The molecule has 0 aliphatic carbocycles. The van der Waals surface area contributed by atoms with Gasteiger partial charge < -0.3 is 4.90 Å². The van der Waals surface area contributed by atoms with Gasteiger partial charge in [0.05, 0.1) is 5.56 Å². The van der Waals surface area contributed by atoms with E-state index < -0.39 is 17.9 Å². The molecule has 1 saturated heterocycles. The summed E-state index contributed by atoms with van der Waals surface area (Å²) in [6.07, 6.45) is 0. The molecule has 1 N–H and O–H groups in total. The van der Waals surface area contributed by atoms with Crippen molar-refractivity contribution in [3.8, 4) is 0 Å². The molecular weight excluding hydrogens is 382 g/mol. The lowest BCUT2D eigenvalue weighted by Gasteiger charge is -2.31. The maximum atomic E-state index is 12.4. The summed E-state index contributed by atoms with van der Waals surface area (Å²) >= 11 is 7.89. The number of halogens is 2. The molecule has 3 amide bonds. The Morgan fingerprint density at radius 2 is 2.16 bits per heavy atom. The number of rotatable bonds is 1. The van der Waals surface area contributed by atoms with Crippen molar-refractivity contribution in [2.24, 2.45) is 0 Å². The van der Waals surface area contributed by atoms with Gasteiger partial charge in [-0.3, -0.25) is 19.7 Å². The Kier molecular flexibility index (Phi) is 4.10. The van der Waals surface area contributed by atoms with Gasteiger partial charge in [0, 0.05) is 8.59 Å². The van der Waals surface area contributed by atoms with Crippen LogP contribution >= 0.6 is 34.2 Å². The molecule has 19 heavy (non-hydrogen) atoms. The third-order valence-electron chi connectivity index (χ3n) is 2.84. The number of hydrogen-bond acceptors (Lipinski definition) is 3. The minimum absolute atomic E-state index is 0.131. The molecule has 1 aliphatic heterocycles. The molecule has 1 unspecified atom stereocenters. The number of benzene rings is 1. The van der Waals surface area contributed by atoms with Gasteiger partial charge in [-0.1, -0.05) is 11.6 Å². The number of imide groups is 1. The van der Waals surface area contributed by atoms with E-state index in [0.717, 1.165) is 3.57 Å². The first-order valence-corrected chi connectivity index (χ1v) is 6.95. The van der Waals surface area contributed by atoms with E-state index in [2.05, 4.69) is 5.32 Å². The molecule has 5 nitrogen and oxygen atoms in total. The molecule has 7 heteroatoms. The molecule has 0 saturated carbocycles. The Morgan fingerprint density at radius 3 is 2.84 bits per heavy atom. The first-order chi connectivity index (χ1) is 8.90. The molecule has 0 spiro atoms. The molecule has 1 aromatic carbocycles. The van der Waals surface area contributed by atoms with Gasteiger partial charge in [0.1, 0.15) is 12.6 Å². The van der Waals surface area contributed by atoms with Crippen LogP contribution in [0, 0.1) is 3.57 Å². The molecule has 1 fully saturated rings. The maximum absolute atomic E-state index is 12.4. The van der Waals surface area contributed by atoms with Crippen LogP contribution in [0.3, 0.4) is 0 Å². The SMILES string of the molecule is CC1C(=O)NC(=O)CN1C(=O)c1cc(Cl)ccc1I. The highest BCUT2D eigenvalue weighted by Crippen LogP contribution is 2.21. The second-order valence-electron chi connectivity index (χ2n) is 4.15. The minimum Gasteiger partial charge on any atom is -0.318 e. The Morgan fingerprint density at radius 1 is 1.47 bits per heavy atom. The van der Waals surface area contributed by atoms with Crippen LogP contribution in [0.25, 0.3) is 0 Å². The first kappa shape index (κ1) is 14.3. The van der Waals surface area contributed by atoms with E-state index in [1.807, 2.05) is 22.6 Å². The van der Waals surface area contributed by atoms with E-state index in [-0.39, 0.29) is 12.5 Å². The van der Waals surface area contributed by atoms with Crippen LogP contribution in [0.1, 0.15) is 17.3 Å². The molecule has 0 radical (unpaired) electrons. The summed E-state index contributed by atoms with van der Waals surface area (Å²) in [5, 5.41) is 2.63. The standard InChI is InChI=1S/C12H10ClIN2O3/c1-6-11(18)15-10(17)5-16(6)12(19)8-4-7(13)2-3-9(8)14/h2-4,6H,5H2,1H3,(H,15,17,18). The number of carbonyl (C=O) groups excluding carboxylic acids is 3. The molecule has 1 heterocycles. The Bertz CT molecular complexity index is 576. The summed E-state index contributed by atoms with van der Waals surface area (Å²) in [4.78, 5) is 36.6. The van der Waals surface area contributed by atoms with Gasteiger partial charge in [-0.05, 0) is 47.7 Å². The number of piperazine rings is 1. The average molecular weight is 393 g/mol. The van der Waals surface area contributed by atoms with Crippen molar-refractivity contribution in [2.75, 3.05) is 6.54 Å². The Balaban J connectivity index is 2.35. The number of hydrogen-bond donors (Lipinski definition) is 1. The quantitative estimate of drug-likeness (QED) is 0.581. The van der Waals surface area contributed by atoms with E-state index in [4.69, 9.17) is 11.6 Å². The van der Waals surface area contributed by atoms with Gasteiger partial charge in [0.2, 0.25) is 11.8 Å². The predicted molar refractivity (Wildman–Crippen MR) is 77.8 cm³/mol. The second-order valence-corrected chi connectivity index (χ2v) is 5.74. The molecule has 1 aromatic rings. The molecule has 1 atom stereocenters. The number of nitrogens with one attached hydrogen (secondary N) is 1. The van der Waals surface area contributed by atoms with Crippen LogP contribution in [0.15, 0.2) is 18.2 Å². The molecule has 0 aromatic heterocycles. The highest BCUT2D eigenvalue weighted by molar-refractivity contribution is 14.1. The fraction of sp³-hybridized carbons (Fsp3) is 0.250. The summed E-state index contributed by atoms with van der Waals surface area (Å²) in [6.45, 7) is 1.45. The molecular formula is C12H10ClIN2O3. The van der Waals surface area contributed by atoms with Crippen LogP contribution in [0.4, 0.5) is 0 Å². The average Bonchev–Trinajstić information content (AvgIpc) is 2.36. The summed E-state index contributed by atoms with van der Waals surface area (Å²) in [7, 11) is 0. The fourth-order valence-electron chi connectivity index (χ4n) is 1.78. The van der Waals surface area contributed by atoms with Crippen molar-refractivity contribution in [1.82, 2.24) is 10.2 Å². The lowest BCUT2D eigenvalue weighted by atomic mass is 10.1. The van der Waals surface area contributed by atoms with Crippen LogP contribution in [0.2, 0.25) is 5.02 Å². The summed E-state index contributed by atoms with van der Waals surface area (Å²) in [6, 6.07) is 4.25. The monoisotopic (exact) mass is 392 g/mol. The molecule has 1 aliphatic rings. The van der Waals surface area contributed by atoms with Gasteiger partial charge in [-0.15, -0.1) is 0 Å². The van der Waals surface area contributed by atoms with E-state index in [9.17, 15) is 14.4 Å². The van der Waals surface area contributed by atoms with Gasteiger partial charge in [-0.25, -0.2) is 0 Å². The van der Waals surface area contributed by atoms with E-state index in [1.54, 1.807) is 19.1 Å². The largest absolute Gasteiger partial charge is 0.318 e. The van der Waals surface area contributed by atoms with Crippen LogP contribution in [-0.4, -0.2) is 35.2 Å². The minimum atomic E-state index is -0.681. The van der Waals surface area contributed by atoms with E-state index in [0.29, 0.717) is 10.6 Å². The van der Waals surface area contributed by atoms with Gasteiger partial charge in [0.25, 0.3) is 5.91 Å². The van der Waals surface area contributed by atoms with Crippen molar-refractivity contribution in [3.63, 3.8) is 0 Å². The predicted octanol–water partition coefficient (Wildman–Crippen LogP) is 1.43.